The Kier molecular flexibility index (Phi) is 5.78. The summed E-state index contributed by atoms with van der Waals surface area (Å²) in [5.74, 6) is -0.369. The number of ether oxygens (including phenoxy) is 1. The third kappa shape index (κ3) is 4.47. The second kappa shape index (κ2) is 7.81. The van der Waals surface area contributed by atoms with Crippen molar-refractivity contribution < 1.29 is 19.1 Å². The predicted molar refractivity (Wildman–Crippen MR) is 89.3 cm³/mol. The highest BCUT2D eigenvalue weighted by atomic mass is 16.5. The van der Waals surface area contributed by atoms with Crippen molar-refractivity contribution in [3.63, 3.8) is 0 Å². The molecule has 0 unspecified atom stereocenters. The van der Waals surface area contributed by atoms with Crippen molar-refractivity contribution in [2.45, 2.75) is 32.9 Å². The van der Waals surface area contributed by atoms with Crippen molar-refractivity contribution in [3.05, 3.63) is 29.8 Å². The van der Waals surface area contributed by atoms with Crippen LogP contribution in [0.15, 0.2) is 24.3 Å². The maximum absolute atomic E-state index is 12.2. The van der Waals surface area contributed by atoms with Crippen molar-refractivity contribution in [1.29, 1.82) is 0 Å². The van der Waals surface area contributed by atoms with Gasteiger partial charge in [-0.3, -0.25) is 14.9 Å². The molecule has 0 bridgehead atoms. The third-order valence-corrected chi connectivity index (χ3v) is 4.01. The molecule has 1 aliphatic rings. The average molecular weight is 333 g/mol. The minimum absolute atomic E-state index is 0.0309. The zero-order chi connectivity index (χ0) is 17.7. The second-order valence-electron chi connectivity index (χ2n) is 6.07. The highest BCUT2D eigenvalue weighted by Gasteiger charge is 2.35. The number of rotatable bonds is 5. The summed E-state index contributed by atoms with van der Waals surface area (Å²) in [6.07, 6.45) is -0.261. The van der Waals surface area contributed by atoms with Crippen molar-refractivity contribution >= 4 is 23.6 Å². The molecular formula is C17H23N3O4. The highest BCUT2D eigenvalue weighted by molar-refractivity contribution is 5.89. The van der Waals surface area contributed by atoms with Crippen LogP contribution in [0.25, 0.3) is 0 Å². The average Bonchev–Trinajstić information content (AvgIpc) is 2.96. The van der Waals surface area contributed by atoms with Crippen LogP contribution in [0.3, 0.4) is 0 Å². The maximum Gasteiger partial charge on any atom is 0.411 e. The van der Waals surface area contributed by atoms with Crippen LogP contribution in [0.2, 0.25) is 0 Å². The number of hydrogen-bond donors (Lipinski definition) is 2. The number of nitrogens with zero attached hydrogens (tertiary/aromatic N) is 1. The number of carbonyl (C=O) groups excluding carboxylic acids is 3. The molecule has 0 aliphatic carbocycles. The van der Waals surface area contributed by atoms with Crippen molar-refractivity contribution in [2.75, 3.05) is 19.0 Å². The molecule has 2 rings (SSSR count). The first-order valence-corrected chi connectivity index (χ1v) is 7.91. The molecule has 1 fully saturated rings. The Morgan fingerprint density at radius 1 is 1.29 bits per heavy atom. The number of likely N-dealkylation sites (tertiary alicyclic amines) is 1. The monoisotopic (exact) mass is 333 g/mol. The summed E-state index contributed by atoms with van der Waals surface area (Å²) in [5.41, 5.74) is 1.52. The lowest BCUT2D eigenvalue weighted by Crippen LogP contribution is -2.35. The van der Waals surface area contributed by atoms with Gasteiger partial charge in [-0.05, 0) is 31.5 Å². The van der Waals surface area contributed by atoms with Crippen molar-refractivity contribution in [2.24, 2.45) is 5.92 Å². The van der Waals surface area contributed by atoms with Crippen LogP contribution in [0.5, 0.6) is 0 Å². The first-order chi connectivity index (χ1) is 11.4. The molecule has 1 aliphatic heterocycles. The first-order valence-electron chi connectivity index (χ1n) is 7.91. The Balaban J connectivity index is 1.84. The SMILES string of the molecule is COC(=O)Nc1ccc(CNC(=O)[C@@H]2CC(=O)N(C(C)C)C2)cc1. The topological polar surface area (TPSA) is 87.7 Å². The van der Waals surface area contributed by atoms with E-state index in [1.807, 2.05) is 26.0 Å². The van der Waals surface area contributed by atoms with Gasteiger partial charge in [0.2, 0.25) is 11.8 Å². The molecule has 1 aromatic rings. The van der Waals surface area contributed by atoms with Gasteiger partial charge in [0.05, 0.1) is 13.0 Å². The molecule has 0 spiro atoms. The molecule has 1 heterocycles. The largest absolute Gasteiger partial charge is 0.453 e. The van der Waals surface area contributed by atoms with Gasteiger partial charge in [-0.2, -0.15) is 0 Å². The van der Waals surface area contributed by atoms with Gasteiger partial charge in [0.15, 0.2) is 0 Å². The Labute approximate surface area is 141 Å². The van der Waals surface area contributed by atoms with E-state index in [2.05, 4.69) is 15.4 Å². The van der Waals surface area contributed by atoms with E-state index < -0.39 is 6.09 Å². The fourth-order valence-electron chi connectivity index (χ4n) is 2.61. The van der Waals surface area contributed by atoms with Crippen molar-refractivity contribution in [1.82, 2.24) is 10.2 Å². The molecule has 1 atom stereocenters. The van der Waals surface area contributed by atoms with Gasteiger partial charge >= 0.3 is 6.09 Å². The zero-order valence-electron chi connectivity index (χ0n) is 14.2. The fraction of sp³-hybridized carbons (Fsp3) is 0.471. The number of benzene rings is 1. The van der Waals surface area contributed by atoms with Gasteiger partial charge in [-0.1, -0.05) is 12.1 Å². The van der Waals surface area contributed by atoms with E-state index >= 15 is 0 Å². The van der Waals surface area contributed by atoms with Gasteiger partial charge < -0.3 is 15.0 Å². The molecule has 1 saturated heterocycles. The summed E-state index contributed by atoms with van der Waals surface area (Å²) >= 11 is 0. The summed E-state index contributed by atoms with van der Waals surface area (Å²) in [4.78, 5) is 36.9. The van der Waals surface area contributed by atoms with Crippen molar-refractivity contribution in [3.8, 4) is 0 Å². The number of methoxy groups -OCH3 is 1. The van der Waals surface area contributed by atoms with E-state index in [4.69, 9.17) is 0 Å². The summed E-state index contributed by atoms with van der Waals surface area (Å²) in [6.45, 7) is 4.75. The van der Waals surface area contributed by atoms with Crippen LogP contribution in [0, 0.1) is 5.92 Å². The summed E-state index contributed by atoms with van der Waals surface area (Å²) in [5, 5.41) is 5.42. The van der Waals surface area contributed by atoms with E-state index in [-0.39, 0.29) is 30.2 Å². The zero-order valence-corrected chi connectivity index (χ0v) is 14.2. The normalized spacial score (nSPS) is 17.1. The fourth-order valence-corrected chi connectivity index (χ4v) is 2.61. The number of nitrogens with one attached hydrogen (secondary N) is 2. The molecule has 0 radical (unpaired) electrons. The number of hydrogen-bond acceptors (Lipinski definition) is 4. The van der Waals surface area contributed by atoms with E-state index in [9.17, 15) is 14.4 Å². The minimum Gasteiger partial charge on any atom is -0.453 e. The van der Waals surface area contributed by atoms with Gasteiger partial charge in [-0.25, -0.2) is 4.79 Å². The third-order valence-electron chi connectivity index (χ3n) is 4.01. The molecule has 1 aromatic carbocycles. The van der Waals surface area contributed by atoms with Crippen LogP contribution in [-0.2, 0) is 20.9 Å². The highest BCUT2D eigenvalue weighted by Crippen LogP contribution is 2.20. The summed E-state index contributed by atoms with van der Waals surface area (Å²) < 4.78 is 4.52. The van der Waals surface area contributed by atoms with Crippen LogP contribution < -0.4 is 10.6 Å². The van der Waals surface area contributed by atoms with Gasteiger partial charge in [0, 0.05) is 31.2 Å². The van der Waals surface area contributed by atoms with Crippen LogP contribution >= 0.6 is 0 Å². The molecule has 0 aromatic heterocycles. The lowest BCUT2D eigenvalue weighted by atomic mass is 10.1. The number of amides is 3. The Bertz CT molecular complexity index is 613. The van der Waals surface area contributed by atoms with Crippen LogP contribution in [0.1, 0.15) is 25.8 Å². The van der Waals surface area contributed by atoms with Gasteiger partial charge in [-0.15, -0.1) is 0 Å². The van der Waals surface area contributed by atoms with E-state index in [0.717, 1.165) is 5.56 Å². The van der Waals surface area contributed by atoms with Crippen LogP contribution in [-0.4, -0.2) is 42.5 Å². The second-order valence-corrected chi connectivity index (χ2v) is 6.07. The number of carbonyl (C=O) groups is 3. The van der Waals surface area contributed by atoms with E-state index in [0.29, 0.717) is 18.8 Å². The quantitative estimate of drug-likeness (QED) is 0.859. The molecule has 130 valence electrons. The Morgan fingerprint density at radius 2 is 1.96 bits per heavy atom. The van der Waals surface area contributed by atoms with Gasteiger partial charge in [0.25, 0.3) is 0 Å². The standard InChI is InChI=1S/C17H23N3O4/c1-11(2)20-10-13(8-15(20)21)16(22)18-9-12-4-6-14(7-5-12)19-17(23)24-3/h4-7,11,13H,8-10H2,1-3H3,(H,18,22)(H,19,23)/t13-/m1/s1. The van der Waals surface area contributed by atoms with E-state index in [1.54, 1.807) is 17.0 Å². The molecule has 3 amide bonds. The molecule has 7 nitrogen and oxygen atoms in total. The maximum atomic E-state index is 12.2. The Morgan fingerprint density at radius 3 is 2.50 bits per heavy atom. The lowest BCUT2D eigenvalue weighted by molar-refractivity contribution is -0.130. The Hall–Kier alpha value is -2.57. The molecule has 24 heavy (non-hydrogen) atoms. The molecule has 2 N–H and O–H groups in total. The molecule has 0 saturated carbocycles. The molecule has 7 heteroatoms. The minimum atomic E-state index is -0.531. The lowest BCUT2D eigenvalue weighted by Gasteiger charge is -2.20. The smallest absolute Gasteiger partial charge is 0.411 e. The predicted octanol–water partition coefficient (Wildman–Crippen LogP) is 1.74. The van der Waals surface area contributed by atoms with E-state index in [1.165, 1.54) is 7.11 Å². The summed E-state index contributed by atoms with van der Waals surface area (Å²) in [6, 6.07) is 7.21. The van der Waals surface area contributed by atoms with Crippen LogP contribution in [0.4, 0.5) is 10.5 Å². The molecular weight excluding hydrogens is 310 g/mol. The summed E-state index contributed by atoms with van der Waals surface area (Å²) in [7, 11) is 1.30. The van der Waals surface area contributed by atoms with Gasteiger partial charge in [0.1, 0.15) is 0 Å². The first kappa shape index (κ1) is 17.8. The number of anilines is 1.